The first-order valence-corrected chi connectivity index (χ1v) is 11.2. The first-order chi connectivity index (χ1) is 15.1. The van der Waals surface area contributed by atoms with E-state index in [9.17, 15) is 19.2 Å². The Bertz CT molecular complexity index is 1220. The molecule has 5 aliphatic rings. The predicted molar refractivity (Wildman–Crippen MR) is 113 cm³/mol. The van der Waals surface area contributed by atoms with Crippen LogP contribution in [-0.4, -0.2) is 23.1 Å². The maximum Gasteiger partial charge on any atom is 0.190 e. The van der Waals surface area contributed by atoms with E-state index in [0.717, 1.165) is 36.8 Å². The molecule has 0 N–H and O–H groups in total. The molecule has 0 saturated heterocycles. The Hall–Kier alpha value is -2.92. The normalized spacial score (nSPS) is 22.9. The van der Waals surface area contributed by atoms with E-state index in [-0.39, 0.29) is 35.3 Å². The van der Waals surface area contributed by atoms with E-state index < -0.39 is 0 Å². The van der Waals surface area contributed by atoms with Gasteiger partial charge in [-0.3, -0.25) is 19.2 Å². The van der Waals surface area contributed by atoms with Gasteiger partial charge < -0.3 is 4.74 Å². The number of fused-ring (bicyclic) bond motifs is 2. The molecule has 4 aliphatic carbocycles. The average Bonchev–Trinajstić information content (AvgIpc) is 3.27. The standard InChI is InChI=1S/C26H22O5/c27-21-10-19(24(28)15-6-2-1-5-14(15)21)22-20-12-31-11-13(20)9-18-23(22)26(30)17-8-4-3-7-16(17)25(18)29/h9-10H,1-8,11-12H2. The van der Waals surface area contributed by atoms with Crippen LogP contribution in [0.15, 0.2) is 34.4 Å². The fourth-order valence-electron chi connectivity index (χ4n) is 5.83. The lowest BCUT2D eigenvalue weighted by Gasteiger charge is -2.29. The third-order valence-corrected chi connectivity index (χ3v) is 7.35. The second-order valence-corrected chi connectivity index (χ2v) is 9.04. The Morgan fingerprint density at radius 1 is 0.645 bits per heavy atom. The van der Waals surface area contributed by atoms with Crippen LogP contribution in [0.4, 0.5) is 0 Å². The molecule has 1 heterocycles. The molecule has 0 radical (unpaired) electrons. The van der Waals surface area contributed by atoms with Crippen molar-refractivity contribution < 1.29 is 23.9 Å². The zero-order valence-electron chi connectivity index (χ0n) is 17.3. The Balaban J connectivity index is 1.60. The summed E-state index contributed by atoms with van der Waals surface area (Å²) >= 11 is 0. The van der Waals surface area contributed by atoms with Crippen molar-refractivity contribution in [2.45, 2.75) is 64.6 Å². The van der Waals surface area contributed by atoms with Crippen molar-refractivity contribution in [3.05, 3.63) is 62.3 Å². The van der Waals surface area contributed by atoms with Gasteiger partial charge in [0.1, 0.15) is 0 Å². The van der Waals surface area contributed by atoms with Crippen LogP contribution in [0.25, 0.3) is 5.57 Å². The summed E-state index contributed by atoms with van der Waals surface area (Å²) in [7, 11) is 0. The third-order valence-electron chi connectivity index (χ3n) is 7.35. The summed E-state index contributed by atoms with van der Waals surface area (Å²) in [6.07, 6.45) is 7.42. The minimum Gasteiger partial charge on any atom is -0.372 e. The van der Waals surface area contributed by atoms with Gasteiger partial charge in [0, 0.05) is 44.6 Å². The molecule has 0 saturated carbocycles. The molecule has 0 atom stereocenters. The summed E-state index contributed by atoms with van der Waals surface area (Å²) in [6, 6.07) is 1.78. The number of ketones is 4. The highest BCUT2D eigenvalue weighted by Crippen LogP contribution is 2.44. The molecule has 5 heteroatoms. The minimum absolute atomic E-state index is 0.104. The van der Waals surface area contributed by atoms with Crippen molar-refractivity contribution in [2.75, 3.05) is 0 Å². The number of Topliss-reactive ketones (excluding diaryl/α,β-unsaturated/α-hetero) is 3. The monoisotopic (exact) mass is 414 g/mol. The van der Waals surface area contributed by atoms with E-state index in [0.29, 0.717) is 71.3 Å². The van der Waals surface area contributed by atoms with Crippen LogP contribution < -0.4 is 0 Å². The zero-order chi connectivity index (χ0) is 21.3. The number of allylic oxidation sites excluding steroid dienone is 6. The Kier molecular flexibility index (Phi) is 4.12. The van der Waals surface area contributed by atoms with Crippen molar-refractivity contribution >= 4 is 28.7 Å². The Labute approximate surface area is 179 Å². The van der Waals surface area contributed by atoms with Gasteiger partial charge in [0.15, 0.2) is 23.1 Å². The molecular weight excluding hydrogens is 392 g/mol. The minimum atomic E-state index is -0.166. The molecule has 0 unspecified atom stereocenters. The maximum absolute atomic E-state index is 13.6. The second-order valence-electron chi connectivity index (χ2n) is 9.04. The quantitative estimate of drug-likeness (QED) is 0.638. The highest BCUT2D eigenvalue weighted by molar-refractivity contribution is 6.40. The lowest BCUT2D eigenvalue weighted by atomic mass is 9.71. The zero-order valence-corrected chi connectivity index (χ0v) is 17.3. The van der Waals surface area contributed by atoms with Gasteiger partial charge in [0.25, 0.3) is 0 Å². The van der Waals surface area contributed by atoms with Gasteiger partial charge in [-0.1, -0.05) is 0 Å². The number of benzene rings is 1. The lowest BCUT2D eigenvalue weighted by Crippen LogP contribution is -2.28. The van der Waals surface area contributed by atoms with E-state index in [2.05, 4.69) is 0 Å². The van der Waals surface area contributed by atoms with Crippen molar-refractivity contribution in [2.24, 2.45) is 0 Å². The van der Waals surface area contributed by atoms with E-state index in [1.165, 1.54) is 6.08 Å². The summed E-state index contributed by atoms with van der Waals surface area (Å²) in [4.78, 5) is 53.5. The number of carbonyl (C=O) groups excluding carboxylic acids is 4. The third kappa shape index (κ3) is 2.59. The van der Waals surface area contributed by atoms with Gasteiger partial charge in [-0.05, 0) is 74.6 Å². The molecule has 0 fully saturated rings. The van der Waals surface area contributed by atoms with Gasteiger partial charge in [-0.15, -0.1) is 0 Å². The Morgan fingerprint density at radius 2 is 1.26 bits per heavy atom. The van der Waals surface area contributed by atoms with Crippen molar-refractivity contribution in [1.29, 1.82) is 0 Å². The lowest BCUT2D eigenvalue weighted by molar-refractivity contribution is -0.115. The van der Waals surface area contributed by atoms with Crippen LogP contribution in [0, 0.1) is 0 Å². The molecular formula is C26H22O5. The van der Waals surface area contributed by atoms with Crippen molar-refractivity contribution in [3.8, 4) is 0 Å². The summed E-state index contributed by atoms with van der Waals surface area (Å²) < 4.78 is 5.65. The molecule has 0 spiro atoms. The largest absolute Gasteiger partial charge is 0.372 e. The van der Waals surface area contributed by atoms with Crippen LogP contribution in [-0.2, 0) is 27.5 Å². The van der Waals surface area contributed by atoms with Crippen LogP contribution >= 0.6 is 0 Å². The van der Waals surface area contributed by atoms with E-state index in [1.54, 1.807) is 6.07 Å². The molecule has 6 rings (SSSR count). The highest BCUT2D eigenvalue weighted by atomic mass is 16.5. The van der Waals surface area contributed by atoms with Gasteiger partial charge in [0.05, 0.1) is 13.2 Å². The number of hydrogen-bond donors (Lipinski definition) is 0. The van der Waals surface area contributed by atoms with Gasteiger partial charge in [-0.2, -0.15) is 0 Å². The molecule has 156 valence electrons. The maximum atomic E-state index is 13.6. The van der Waals surface area contributed by atoms with Crippen LogP contribution in [0.5, 0.6) is 0 Å². The van der Waals surface area contributed by atoms with E-state index >= 15 is 0 Å². The summed E-state index contributed by atoms with van der Waals surface area (Å²) in [6.45, 7) is 0.613. The van der Waals surface area contributed by atoms with Crippen molar-refractivity contribution in [1.82, 2.24) is 0 Å². The van der Waals surface area contributed by atoms with Crippen LogP contribution in [0.1, 0.15) is 88.8 Å². The van der Waals surface area contributed by atoms with Gasteiger partial charge >= 0.3 is 0 Å². The molecule has 0 bridgehead atoms. The molecule has 1 aliphatic heterocycles. The molecule has 0 aromatic heterocycles. The number of carbonyl (C=O) groups is 4. The molecule has 1 aromatic rings. The summed E-state index contributed by atoms with van der Waals surface area (Å²) in [5, 5.41) is 0. The SMILES string of the molecule is O=C1C=C(c2c3c(cc4c2C(=O)C2=C(CCCC2)C4=O)COC3)C(=O)C2=C1CCCC2. The second kappa shape index (κ2) is 6.79. The predicted octanol–water partition coefficient (Wildman–Crippen LogP) is 4.37. The van der Waals surface area contributed by atoms with Crippen LogP contribution in [0.2, 0.25) is 0 Å². The smallest absolute Gasteiger partial charge is 0.190 e. The summed E-state index contributed by atoms with van der Waals surface area (Å²) in [5.41, 5.74) is 5.45. The van der Waals surface area contributed by atoms with Gasteiger partial charge in [0.2, 0.25) is 0 Å². The molecule has 31 heavy (non-hydrogen) atoms. The summed E-state index contributed by atoms with van der Waals surface area (Å²) in [5.74, 6) is -0.561. The first-order valence-electron chi connectivity index (χ1n) is 11.2. The topological polar surface area (TPSA) is 77.5 Å². The molecule has 5 nitrogen and oxygen atoms in total. The molecule has 1 aromatic carbocycles. The number of hydrogen-bond acceptors (Lipinski definition) is 5. The fraction of sp³-hybridized carbons (Fsp3) is 0.385. The molecule has 0 amide bonds. The fourth-order valence-corrected chi connectivity index (χ4v) is 5.83. The highest BCUT2D eigenvalue weighted by Gasteiger charge is 2.40. The van der Waals surface area contributed by atoms with Crippen molar-refractivity contribution in [3.63, 3.8) is 0 Å². The number of ether oxygens (including phenoxy) is 1. The van der Waals surface area contributed by atoms with Crippen LogP contribution in [0.3, 0.4) is 0 Å². The number of rotatable bonds is 1. The average molecular weight is 414 g/mol. The Morgan fingerprint density at radius 3 is 1.97 bits per heavy atom. The first kappa shape index (κ1) is 18.8. The van der Waals surface area contributed by atoms with E-state index in [4.69, 9.17) is 4.74 Å². The van der Waals surface area contributed by atoms with E-state index in [1.807, 2.05) is 0 Å². The van der Waals surface area contributed by atoms with Gasteiger partial charge in [-0.25, -0.2) is 0 Å².